The molecule has 1 fully saturated rings. The van der Waals surface area contributed by atoms with Gasteiger partial charge in [0.1, 0.15) is 13.0 Å². The lowest BCUT2D eigenvalue weighted by Crippen LogP contribution is -2.12. The summed E-state index contributed by atoms with van der Waals surface area (Å²) in [5, 5.41) is 0. The van der Waals surface area contributed by atoms with E-state index in [1.165, 1.54) is 12.7 Å². The number of methoxy groups -OCH3 is 1. The summed E-state index contributed by atoms with van der Waals surface area (Å²) in [7, 11) is 1.24. The maximum atomic E-state index is 10.9. The summed E-state index contributed by atoms with van der Waals surface area (Å²) in [6, 6.07) is 0. The summed E-state index contributed by atoms with van der Waals surface area (Å²) in [5.41, 5.74) is 1.31. The van der Waals surface area contributed by atoms with Crippen molar-refractivity contribution in [2.24, 2.45) is 0 Å². The van der Waals surface area contributed by atoms with E-state index < -0.39 is 11.9 Å². The zero-order valence-electron chi connectivity index (χ0n) is 7.54. The summed E-state index contributed by atoms with van der Waals surface area (Å²) < 4.78 is 9.05. The first kappa shape index (κ1) is 9.77. The van der Waals surface area contributed by atoms with E-state index in [1.54, 1.807) is 0 Å². The van der Waals surface area contributed by atoms with Crippen molar-refractivity contribution in [1.82, 2.24) is 0 Å². The fraction of sp³-hybridized carbons (Fsp3) is 0.556. The Bertz CT molecular complexity index is 236. The van der Waals surface area contributed by atoms with Crippen molar-refractivity contribution < 1.29 is 19.1 Å². The summed E-state index contributed by atoms with van der Waals surface area (Å²) in [5.74, 6) is -1.10. The maximum Gasteiger partial charge on any atom is 0.317 e. The molecule has 4 heteroatoms. The fourth-order valence-electron chi connectivity index (χ4n) is 0.770. The second-order valence-corrected chi connectivity index (χ2v) is 2.80. The van der Waals surface area contributed by atoms with Crippen molar-refractivity contribution in [2.45, 2.75) is 19.3 Å². The fourth-order valence-corrected chi connectivity index (χ4v) is 0.770. The molecule has 0 aliphatic heterocycles. The van der Waals surface area contributed by atoms with E-state index in [0.29, 0.717) is 0 Å². The number of carbonyl (C=O) groups excluding carboxylic acids is 2. The van der Waals surface area contributed by atoms with Gasteiger partial charge in [0.15, 0.2) is 0 Å². The van der Waals surface area contributed by atoms with Crippen molar-refractivity contribution in [3.05, 3.63) is 11.6 Å². The van der Waals surface area contributed by atoms with Crippen LogP contribution in [-0.4, -0.2) is 25.7 Å². The molecule has 0 radical (unpaired) electrons. The third-order valence-electron chi connectivity index (χ3n) is 1.67. The summed E-state index contributed by atoms with van der Waals surface area (Å²) in [4.78, 5) is 21.5. The van der Waals surface area contributed by atoms with Crippen LogP contribution in [0.15, 0.2) is 11.6 Å². The maximum absolute atomic E-state index is 10.9. The van der Waals surface area contributed by atoms with Crippen molar-refractivity contribution >= 4 is 11.9 Å². The predicted octanol–water partition coefficient (Wildman–Crippen LogP) is 0.813. The SMILES string of the molecule is COC(=O)CC(=O)OCC=C1CC1. The van der Waals surface area contributed by atoms with Crippen LogP contribution < -0.4 is 0 Å². The van der Waals surface area contributed by atoms with Crippen molar-refractivity contribution in [3.63, 3.8) is 0 Å². The molecule has 1 saturated carbocycles. The Balaban J connectivity index is 2.09. The molecule has 0 bridgehead atoms. The highest BCUT2D eigenvalue weighted by Gasteiger charge is 2.12. The first-order valence-corrected chi connectivity index (χ1v) is 4.12. The minimum Gasteiger partial charge on any atom is -0.469 e. The highest BCUT2D eigenvalue weighted by atomic mass is 16.5. The topological polar surface area (TPSA) is 52.6 Å². The van der Waals surface area contributed by atoms with Gasteiger partial charge >= 0.3 is 11.9 Å². The minimum atomic E-state index is -0.566. The molecule has 0 heterocycles. The third kappa shape index (κ3) is 4.30. The molecule has 1 aliphatic rings. The molecular formula is C9H12O4. The lowest BCUT2D eigenvalue weighted by Gasteiger charge is -1.99. The molecule has 4 nitrogen and oxygen atoms in total. The molecule has 0 unspecified atom stereocenters. The largest absolute Gasteiger partial charge is 0.469 e. The summed E-state index contributed by atoms with van der Waals surface area (Å²) in [6.07, 6.45) is 3.78. The number of hydrogen-bond donors (Lipinski definition) is 0. The van der Waals surface area contributed by atoms with Gasteiger partial charge in [-0.2, -0.15) is 0 Å². The number of hydrogen-bond acceptors (Lipinski definition) is 4. The molecule has 13 heavy (non-hydrogen) atoms. The van der Waals surface area contributed by atoms with Crippen LogP contribution in [0.2, 0.25) is 0 Å². The Kier molecular flexibility index (Phi) is 3.49. The minimum absolute atomic E-state index is 0.269. The van der Waals surface area contributed by atoms with E-state index in [4.69, 9.17) is 4.74 Å². The van der Waals surface area contributed by atoms with E-state index >= 15 is 0 Å². The van der Waals surface area contributed by atoms with Crippen LogP contribution in [0.25, 0.3) is 0 Å². The van der Waals surface area contributed by atoms with Gasteiger partial charge in [-0.3, -0.25) is 9.59 Å². The molecule has 72 valence electrons. The highest BCUT2D eigenvalue weighted by molar-refractivity contribution is 5.91. The van der Waals surface area contributed by atoms with E-state index in [1.807, 2.05) is 6.08 Å². The van der Waals surface area contributed by atoms with Gasteiger partial charge in [-0.1, -0.05) is 5.57 Å². The molecule has 0 spiro atoms. The number of ether oxygens (including phenoxy) is 2. The number of allylic oxidation sites excluding steroid dienone is 1. The summed E-state index contributed by atoms with van der Waals surface area (Å²) in [6.45, 7) is 0.269. The lowest BCUT2D eigenvalue weighted by atomic mass is 10.4. The molecule has 0 atom stereocenters. The van der Waals surface area contributed by atoms with Gasteiger partial charge in [0.2, 0.25) is 0 Å². The Morgan fingerprint density at radius 3 is 2.62 bits per heavy atom. The second kappa shape index (κ2) is 4.64. The van der Waals surface area contributed by atoms with Crippen LogP contribution in [0, 0.1) is 0 Å². The monoisotopic (exact) mass is 184 g/mol. The van der Waals surface area contributed by atoms with Crippen LogP contribution in [0.4, 0.5) is 0 Å². The molecule has 0 aromatic heterocycles. The smallest absolute Gasteiger partial charge is 0.317 e. The van der Waals surface area contributed by atoms with Crippen molar-refractivity contribution in [1.29, 1.82) is 0 Å². The standard InChI is InChI=1S/C9H12O4/c1-12-8(10)6-9(11)13-5-4-7-2-3-7/h4H,2-3,5-6H2,1H3. The van der Waals surface area contributed by atoms with Gasteiger partial charge in [0.05, 0.1) is 7.11 Å². The molecule has 0 amide bonds. The van der Waals surface area contributed by atoms with Gasteiger partial charge in [0.25, 0.3) is 0 Å². The van der Waals surface area contributed by atoms with E-state index in [0.717, 1.165) is 12.8 Å². The Labute approximate surface area is 76.5 Å². The lowest BCUT2D eigenvalue weighted by molar-refractivity contribution is -0.152. The zero-order valence-corrected chi connectivity index (χ0v) is 7.54. The molecule has 0 saturated heterocycles. The molecular weight excluding hydrogens is 172 g/mol. The van der Waals surface area contributed by atoms with Crippen molar-refractivity contribution in [2.75, 3.05) is 13.7 Å². The van der Waals surface area contributed by atoms with Gasteiger partial charge in [0, 0.05) is 0 Å². The third-order valence-corrected chi connectivity index (χ3v) is 1.67. The predicted molar refractivity (Wildman–Crippen MR) is 44.9 cm³/mol. The van der Waals surface area contributed by atoms with Crippen molar-refractivity contribution in [3.8, 4) is 0 Å². The number of esters is 2. The normalized spacial score (nSPS) is 13.5. The Hall–Kier alpha value is -1.32. The Morgan fingerprint density at radius 1 is 1.38 bits per heavy atom. The average molecular weight is 184 g/mol. The van der Waals surface area contributed by atoms with Crippen LogP contribution in [0.1, 0.15) is 19.3 Å². The molecule has 0 aromatic rings. The van der Waals surface area contributed by atoms with Gasteiger partial charge < -0.3 is 9.47 Å². The molecule has 0 N–H and O–H groups in total. The molecule has 1 aliphatic carbocycles. The van der Waals surface area contributed by atoms with Gasteiger partial charge in [-0.05, 0) is 18.9 Å². The first-order chi connectivity index (χ1) is 6.22. The van der Waals surface area contributed by atoms with Gasteiger partial charge in [-0.25, -0.2) is 0 Å². The zero-order chi connectivity index (χ0) is 9.68. The Morgan fingerprint density at radius 2 is 2.08 bits per heavy atom. The average Bonchev–Trinajstić information content (AvgIpc) is 2.88. The summed E-state index contributed by atoms with van der Waals surface area (Å²) >= 11 is 0. The van der Waals surface area contributed by atoms with E-state index in [-0.39, 0.29) is 13.0 Å². The van der Waals surface area contributed by atoms with Crippen LogP contribution in [-0.2, 0) is 19.1 Å². The number of carbonyl (C=O) groups is 2. The number of rotatable bonds is 4. The van der Waals surface area contributed by atoms with Crippen LogP contribution in [0.5, 0.6) is 0 Å². The van der Waals surface area contributed by atoms with Crippen LogP contribution >= 0.6 is 0 Å². The first-order valence-electron chi connectivity index (χ1n) is 4.12. The van der Waals surface area contributed by atoms with E-state index in [9.17, 15) is 9.59 Å². The quantitative estimate of drug-likeness (QED) is 0.368. The molecule has 0 aromatic carbocycles. The highest BCUT2D eigenvalue weighted by Crippen LogP contribution is 2.26. The van der Waals surface area contributed by atoms with Gasteiger partial charge in [-0.15, -0.1) is 0 Å². The second-order valence-electron chi connectivity index (χ2n) is 2.80. The molecule has 1 rings (SSSR count). The van der Waals surface area contributed by atoms with Crippen LogP contribution in [0.3, 0.4) is 0 Å². The van der Waals surface area contributed by atoms with E-state index in [2.05, 4.69) is 4.74 Å².